The first-order chi connectivity index (χ1) is 13.6. The summed E-state index contributed by atoms with van der Waals surface area (Å²) in [5.41, 5.74) is 4.21. The molecule has 5 heteroatoms. The van der Waals surface area contributed by atoms with Crippen molar-refractivity contribution in [2.75, 3.05) is 13.6 Å². The SMILES string of the molecule is CC[C@H](C)NC(=O)C[NH+](C)Cc1cn(-c2ccccc2)nc1-c1ccccc1. The molecule has 1 aromatic heterocycles. The summed E-state index contributed by atoms with van der Waals surface area (Å²) >= 11 is 0. The fraction of sp³-hybridized carbons (Fsp3) is 0.304. The molecule has 1 heterocycles. The highest BCUT2D eigenvalue weighted by Crippen LogP contribution is 2.23. The third-order valence-corrected chi connectivity index (χ3v) is 4.83. The Balaban J connectivity index is 1.83. The molecule has 5 nitrogen and oxygen atoms in total. The molecule has 146 valence electrons. The molecule has 3 rings (SSSR count). The van der Waals surface area contributed by atoms with Crippen LogP contribution in [0.1, 0.15) is 25.8 Å². The van der Waals surface area contributed by atoms with Gasteiger partial charge in [-0.05, 0) is 25.5 Å². The van der Waals surface area contributed by atoms with E-state index in [0.29, 0.717) is 6.54 Å². The molecule has 0 aliphatic rings. The van der Waals surface area contributed by atoms with Gasteiger partial charge < -0.3 is 10.2 Å². The molecular weight excluding hydrogens is 348 g/mol. The van der Waals surface area contributed by atoms with E-state index < -0.39 is 0 Å². The molecule has 2 N–H and O–H groups in total. The van der Waals surface area contributed by atoms with Crippen LogP contribution in [0.3, 0.4) is 0 Å². The number of hydrogen-bond donors (Lipinski definition) is 2. The number of nitrogens with one attached hydrogen (secondary N) is 2. The normalized spacial score (nSPS) is 13.1. The molecule has 1 amide bonds. The third kappa shape index (κ3) is 5.08. The molecule has 28 heavy (non-hydrogen) atoms. The van der Waals surface area contributed by atoms with Crippen LogP contribution in [0.25, 0.3) is 16.9 Å². The standard InChI is InChI=1S/C23H28N4O/c1-4-18(2)24-22(28)17-26(3)15-20-16-27(21-13-9-6-10-14-21)25-23(20)19-11-7-5-8-12-19/h5-14,16,18H,4,15,17H2,1-3H3,(H,24,28)/p+1/t18-/m0/s1. The lowest BCUT2D eigenvalue weighted by Gasteiger charge is -2.16. The van der Waals surface area contributed by atoms with Gasteiger partial charge in [-0.3, -0.25) is 4.79 Å². The number of carbonyl (C=O) groups is 1. The number of hydrogen-bond acceptors (Lipinski definition) is 2. The summed E-state index contributed by atoms with van der Waals surface area (Å²) in [7, 11) is 2.05. The van der Waals surface area contributed by atoms with Gasteiger partial charge in [0.2, 0.25) is 0 Å². The van der Waals surface area contributed by atoms with Crippen LogP contribution in [0.2, 0.25) is 0 Å². The van der Waals surface area contributed by atoms with Crippen molar-refractivity contribution in [2.24, 2.45) is 0 Å². The van der Waals surface area contributed by atoms with Crippen LogP contribution in [0.4, 0.5) is 0 Å². The van der Waals surface area contributed by atoms with Crippen molar-refractivity contribution in [3.63, 3.8) is 0 Å². The summed E-state index contributed by atoms with van der Waals surface area (Å²) in [6, 6.07) is 20.5. The second-order valence-corrected chi connectivity index (χ2v) is 7.34. The monoisotopic (exact) mass is 377 g/mol. The quantitative estimate of drug-likeness (QED) is 0.634. The molecule has 2 aromatic carbocycles. The van der Waals surface area contributed by atoms with E-state index in [-0.39, 0.29) is 11.9 Å². The lowest BCUT2D eigenvalue weighted by Crippen LogP contribution is -3.09. The van der Waals surface area contributed by atoms with E-state index in [4.69, 9.17) is 5.10 Å². The summed E-state index contributed by atoms with van der Waals surface area (Å²) in [5.74, 6) is 0.0866. The Hall–Kier alpha value is -2.92. The Morgan fingerprint density at radius 1 is 1.11 bits per heavy atom. The van der Waals surface area contributed by atoms with Crippen molar-refractivity contribution in [3.8, 4) is 16.9 Å². The average molecular weight is 378 g/mol. The largest absolute Gasteiger partial charge is 0.349 e. The number of rotatable bonds is 8. The topological polar surface area (TPSA) is 51.4 Å². The van der Waals surface area contributed by atoms with Gasteiger partial charge in [0, 0.05) is 17.8 Å². The van der Waals surface area contributed by atoms with E-state index in [0.717, 1.165) is 40.4 Å². The van der Waals surface area contributed by atoms with Gasteiger partial charge in [-0.15, -0.1) is 0 Å². The van der Waals surface area contributed by atoms with Crippen LogP contribution in [0.5, 0.6) is 0 Å². The van der Waals surface area contributed by atoms with Gasteiger partial charge in [-0.2, -0.15) is 5.10 Å². The Kier molecular flexibility index (Phi) is 6.61. The minimum Gasteiger partial charge on any atom is -0.349 e. The second-order valence-electron chi connectivity index (χ2n) is 7.34. The Labute approximate surface area is 167 Å². The van der Waals surface area contributed by atoms with E-state index in [2.05, 4.69) is 30.6 Å². The summed E-state index contributed by atoms with van der Waals surface area (Å²) in [5, 5.41) is 7.89. The molecule has 0 radical (unpaired) electrons. The smallest absolute Gasteiger partial charge is 0.275 e. The molecular formula is C23H29N4O+. The summed E-state index contributed by atoms with van der Waals surface area (Å²) in [6.07, 6.45) is 3.01. The number of benzene rings is 2. The van der Waals surface area contributed by atoms with Crippen LogP contribution in [0.15, 0.2) is 66.9 Å². The zero-order valence-electron chi connectivity index (χ0n) is 16.9. The molecule has 1 unspecified atom stereocenters. The Bertz CT molecular complexity index is 889. The lowest BCUT2D eigenvalue weighted by atomic mass is 10.1. The number of likely N-dealkylation sites (N-methyl/N-ethyl adjacent to an activating group) is 1. The van der Waals surface area contributed by atoms with E-state index in [1.54, 1.807) is 0 Å². The van der Waals surface area contributed by atoms with Gasteiger partial charge in [0.15, 0.2) is 6.54 Å². The first-order valence-corrected chi connectivity index (χ1v) is 9.87. The number of aromatic nitrogens is 2. The number of nitrogens with zero attached hydrogens (tertiary/aromatic N) is 2. The van der Waals surface area contributed by atoms with E-state index in [1.807, 2.05) is 67.2 Å². The van der Waals surface area contributed by atoms with Crippen LogP contribution < -0.4 is 10.2 Å². The van der Waals surface area contributed by atoms with Crippen LogP contribution in [0, 0.1) is 0 Å². The maximum absolute atomic E-state index is 12.2. The van der Waals surface area contributed by atoms with Gasteiger partial charge in [0.25, 0.3) is 5.91 Å². The van der Waals surface area contributed by atoms with Crippen molar-refractivity contribution in [3.05, 3.63) is 72.4 Å². The van der Waals surface area contributed by atoms with Crippen molar-refractivity contribution in [1.82, 2.24) is 15.1 Å². The molecule has 3 aromatic rings. The molecule has 2 atom stereocenters. The number of para-hydroxylation sites is 1. The maximum atomic E-state index is 12.2. The highest BCUT2D eigenvalue weighted by molar-refractivity contribution is 5.77. The van der Waals surface area contributed by atoms with Crippen molar-refractivity contribution in [1.29, 1.82) is 0 Å². The predicted octanol–water partition coefficient (Wildman–Crippen LogP) is 2.47. The third-order valence-electron chi connectivity index (χ3n) is 4.83. The zero-order valence-corrected chi connectivity index (χ0v) is 16.9. The Morgan fingerprint density at radius 2 is 1.75 bits per heavy atom. The minimum absolute atomic E-state index is 0.0866. The first-order valence-electron chi connectivity index (χ1n) is 9.87. The second kappa shape index (κ2) is 9.33. The number of carbonyl (C=O) groups excluding carboxylic acids is 1. The lowest BCUT2D eigenvalue weighted by molar-refractivity contribution is -0.885. The van der Waals surface area contributed by atoms with Crippen LogP contribution in [-0.2, 0) is 11.3 Å². The molecule has 0 saturated carbocycles. The maximum Gasteiger partial charge on any atom is 0.275 e. The molecule has 0 bridgehead atoms. The summed E-state index contributed by atoms with van der Waals surface area (Å²) in [4.78, 5) is 13.4. The Morgan fingerprint density at radius 3 is 2.39 bits per heavy atom. The average Bonchev–Trinajstić information content (AvgIpc) is 3.12. The first kappa shape index (κ1) is 19.8. The highest BCUT2D eigenvalue weighted by atomic mass is 16.2. The molecule has 0 aliphatic heterocycles. The van der Waals surface area contributed by atoms with E-state index in [9.17, 15) is 4.79 Å². The fourth-order valence-corrected chi connectivity index (χ4v) is 3.18. The van der Waals surface area contributed by atoms with Crippen molar-refractivity contribution < 1.29 is 9.69 Å². The summed E-state index contributed by atoms with van der Waals surface area (Å²) < 4.78 is 1.92. The molecule has 0 saturated heterocycles. The van der Waals surface area contributed by atoms with E-state index >= 15 is 0 Å². The van der Waals surface area contributed by atoms with Gasteiger partial charge >= 0.3 is 0 Å². The molecule has 0 spiro atoms. The van der Waals surface area contributed by atoms with Crippen LogP contribution in [-0.4, -0.2) is 35.3 Å². The van der Waals surface area contributed by atoms with Gasteiger partial charge in [0.1, 0.15) is 12.2 Å². The molecule has 0 fully saturated rings. The number of quaternary nitrogens is 1. The molecule has 0 aliphatic carbocycles. The minimum atomic E-state index is 0.0866. The van der Waals surface area contributed by atoms with Gasteiger partial charge in [0.05, 0.1) is 18.3 Å². The predicted molar refractivity (Wildman–Crippen MR) is 112 cm³/mol. The number of amides is 1. The van der Waals surface area contributed by atoms with Crippen molar-refractivity contribution >= 4 is 5.91 Å². The van der Waals surface area contributed by atoms with Crippen molar-refractivity contribution in [2.45, 2.75) is 32.9 Å². The van der Waals surface area contributed by atoms with Gasteiger partial charge in [-0.1, -0.05) is 55.5 Å². The zero-order chi connectivity index (χ0) is 19.9. The van der Waals surface area contributed by atoms with Gasteiger partial charge in [-0.25, -0.2) is 4.68 Å². The highest BCUT2D eigenvalue weighted by Gasteiger charge is 2.18. The summed E-state index contributed by atoms with van der Waals surface area (Å²) in [6.45, 7) is 5.27. The fourth-order valence-electron chi connectivity index (χ4n) is 3.18. The van der Waals surface area contributed by atoms with E-state index in [1.165, 1.54) is 0 Å². The van der Waals surface area contributed by atoms with Crippen LogP contribution >= 0.6 is 0 Å².